The Morgan fingerprint density at radius 1 is 1.25 bits per heavy atom. The number of carboxylic acid groups (broad SMARTS) is 1. The number of aliphatic hydroxyl groups is 2. The maximum absolute atomic E-state index is 10.5. The first-order chi connectivity index (χ1) is 13.5. The van der Waals surface area contributed by atoms with Crippen LogP contribution >= 0.6 is 11.6 Å². The molecule has 1 fully saturated rings. The minimum atomic E-state index is -0.773. The molecule has 0 aliphatic heterocycles. The van der Waals surface area contributed by atoms with Gasteiger partial charge in [-0.1, -0.05) is 24.3 Å². The molecule has 3 rings (SSSR count). The van der Waals surface area contributed by atoms with Crippen molar-refractivity contribution in [3.63, 3.8) is 0 Å². The standard InChI is InChI=1S/C22H29ClO5/c23-18-12-20(25)17(14(18)6-3-1-2-4-9-22(26)27)13-28-21-8-5-7-15-16(21)10-11-19(15)24/h1,3,5,7-8,14,17-20,24-25H,2,4,6,9-13H2,(H,26,27)/b3-1-/t14-,17-,18-,19?,20-/m1/s1. The molecule has 3 N–H and O–H groups in total. The molecule has 2 aliphatic carbocycles. The molecule has 5 atom stereocenters. The zero-order valence-corrected chi connectivity index (χ0v) is 16.7. The van der Waals surface area contributed by atoms with Crippen LogP contribution in [0, 0.1) is 11.8 Å². The van der Waals surface area contributed by atoms with Crippen molar-refractivity contribution in [1.82, 2.24) is 0 Å². The van der Waals surface area contributed by atoms with Crippen LogP contribution in [0.5, 0.6) is 5.75 Å². The maximum Gasteiger partial charge on any atom is 0.303 e. The maximum atomic E-state index is 10.5. The molecule has 6 heteroatoms. The first kappa shape index (κ1) is 21.2. The molecule has 0 radical (unpaired) electrons. The first-order valence-corrected chi connectivity index (χ1v) is 10.5. The van der Waals surface area contributed by atoms with Crippen LogP contribution in [0.1, 0.15) is 55.8 Å². The van der Waals surface area contributed by atoms with Crippen molar-refractivity contribution in [3.05, 3.63) is 41.5 Å². The van der Waals surface area contributed by atoms with Gasteiger partial charge in [0.2, 0.25) is 0 Å². The van der Waals surface area contributed by atoms with Gasteiger partial charge in [0.15, 0.2) is 0 Å². The number of aliphatic hydroxyl groups excluding tert-OH is 2. The number of aliphatic carboxylic acids is 1. The van der Waals surface area contributed by atoms with Gasteiger partial charge >= 0.3 is 5.97 Å². The highest BCUT2D eigenvalue weighted by Crippen LogP contribution is 2.41. The van der Waals surface area contributed by atoms with Gasteiger partial charge in [-0.15, -0.1) is 11.6 Å². The summed E-state index contributed by atoms with van der Waals surface area (Å²) < 4.78 is 6.08. The summed E-state index contributed by atoms with van der Waals surface area (Å²) in [7, 11) is 0. The molecule has 2 aliphatic rings. The summed E-state index contributed by atoms with van der Waals surface area (Å²) in [6.07, 6.45) is 7.51. The van der Waals surface area contributed by atoms with E-state index >= 15 is 0 Å². The SMILES string of the molecule is O=C(O)CCC/C=C\C[C@@H]1[C@@H](COc2cccc3c2CCC3O)[C@H](O)C[C@H]1Cl. The van der Waals surface area contributed by atoms with Gasteiger partial charge in [0.1, 0.15) is 5.75 Å². The van der Waals surface area contributed by atoms with Crippen LogP contribution in [0.15, 0.2) is 30.4 Å². The number of ether oxygens (including phenoxy) is 1. The fourth-order valence-corrected chi connectivity index (χ4v) is 4.83. The van der Waals surface area contributed by atoms with E-state index in [-0.39, 0.29) is 23.6 Å². The molecule has 154 valence electrons. The molecule has 5 nitrogen and oxygen atoms in total. The molecule has 1 unspecified atom stereocenters. The molecule has 0 bridgehead atoms. The lowest BCUT2D eigenvalue weighted by atomic mass is 9.92. The minimum absolute atomic E-state index is 0.0478. The van der Waals surface area contributed by atoms with Gasteiger partial charge in [-0.05, 0) is 56.1 Å². The topological polar surface area (TPSA) is 87.0 Å². The molecule has 0 heterocycles. The molecule has 1 aromatic rings. The van der Waals surface area contributed by atoms with Gasteiger partial charge in [0, 0.05) is 23.3 Å². The van der Waals surface area contributed by atoms with Crippen LogP contribution in [-0.2, 0) is 11.2 Å². The average molecular weight is 409 g/mol. The smallest absolute Gasteiger partial charge is 0.303 e. The normalized spacial score (nSPS) is 29.3. The monoisotopic (exact) mass is 408 g/mol. The number of hydrogen-bond acceptors (Lipinski definition) is 4. The predicted molar refractivity (Wildman–Crippen MR) is 108 cm³/mol. The number of alkyl halides is 1. The largest absolute Gasteiger partial charge is 0.493 e. The molecule has 0 spiro atoms. The number of benzene rings is 1. The van der Waals surface area contributed by atoms with Crippen LogP contribution in [0.4, 0.5) is 0 Å². The van der Waals surface area contributed by atoms with Gasteiger partial charge in [-0.3, -0.25) is 4.79 Å². The van der Waals surface area contributed by atoms with Gasteiger partial charge in [0.05, 0.1) is 18.8 Å². The number of rotatable bonds is 9. The predicted octanol–water partition coefficient (Wildman–Crippen LogP) is 3.85. The summed E-state index contributed by atoms with van der Waals surface area (Å²) in [5, 5.41) is 29.1. The number of allylic oxidation sites excluding steroid dienone is 2. The lowest BCUT2D eigenvalue weighted by Gasteiger charge is -2.23. The van der Waals surface area contributed by atoms with E-state index in [2.05, 4.69) is 0 Å². The van der Waals surface area contributed by atoms with E-state index in [1.807, 2.05) is 30.4 Å². The Morgan fingerprint density at radius 2 is 2.07 bits per heavy atom. The number of fused-ring (bicyclic) bond motifs is 1. The van der Waals surface area contributed by atoms with Gasteiger partial charge < -0.3 is 20.1 Å². The number of hydrogen-bond donors (Lipinski definition) is 3. The molecule has 0 aromatic heterocycles. The third-order valence-electron chi connectivity index (χ3n) is 5.94. The Bertz CT molecular complexity index is 704. The van der Waals surface area contributed by atoms with Crippen molar-refractivity contribution in [3.8, 4) is 5.75 Å². The van der Waals surface area contributed by atoms with Gasteiger partial charge in [-0.25, -0.2) is 0 Å². The zero-order chi connectivity index (χ0) is 20.1. The molecular formula is C22H29ClO5. The number of halogens is 1. The lowest BCUT2D eigenvalue weighted by molar-refractivity contribution is -0.137. The summed E-state index contributed by atoms with van der Waals surface area (Å²) in [6, 6.07) is 5.76. The lowest BCUT2D eigenvalue weighted by Crippen LogP contribution is -2.27. The van der Waals surface area contributed by atoms with E-state index in [1.54, 1.807) is 0 Å². The van der Waals surface area contributed by atoms with E-state index in [0.717, 1.165) is 42.6 Å². The number of unbranched alkanes of at least 4 members (excludes halogenated alkanes) is 1. The third-order valence-corrected chi connectivity index (χ3v) is 6.44. The second kappa shape index (κ2) is 9.77. The van der Waals surface area contributed by atoms with Crippen molar-refractivity contribution in [1.29, 1.82) is 0 Å². The molecule has 0 amide bonds. The summed E-state index contributed by atoms with van der Waals surface area (Å²) >= 11 is 6.48. The summed E-state index contributed by atoms with van der Waals surface area (Å²) in [5.41, 5.74) is 2.01. The Hall–Kier alpha value is -1.56. The minimum Gasteiger partial charge on any atom is -0.493 e. The molecule has 0 saturated heterocycles. The molecular weight excluding hydrogens is 380 g/mol. The van der Waals surface area contributed by atoms with Crippen molar-refractivity contribution in [2.45, 2.75) is 62.5 Å². The summed E-state index contributed by atoms with van der Waals surface area (Å²) in [4.78, 5) is 10.5. The Kier molecular flexibility index (Phi) is 7.38. The highest BCUT2D eigenvalue weighted by molar-refractivity contribution is 6.21. The second-order valence-electron chi connectivity index (χ2n) is 7.83. The quantitative estimate of drug-likeness (QED) is 0.328. The van der Waals surface area contributed by atoms with E-state index in [9.17, 15) is 15.0 Å². The van der Waals surface area contributed by atoms with Gasteiger partial charge in [-0.2, -0.15) is 0 Å². The first-order valence-electron chi connectivity index (χ1n) is 10.1. The highest BCUT2D eigenvalue weighted by atomic mass is 35.5. The van der Waals surface area contributed by atoms with Crippen molar-refractivity contribution in [2.24, 2.45) is 11.8 Å². The molecule has 28 heavy (non-hydrogen) atoms. The van der Waals surface area contributed by atoms with E-state index in [4.69, 9.17) is 21.4 Å². The summed E-state index contributed by atoms with van der Waals surface area (Å²) in [6.45, 7) is 0.397. The van der Waals surface area contributed by atoms with E-state index in [1.165, 1.54) is 0 Å². The van der Waals surface area contributed by atoms with E-state index in [0.29, 0.717) is 19.4 Å². The Labute approximate surface area is 171 Å². The third kappa shape index (κ3) is 5.07. The number of carboxylic acids is 1. The van der Waals surface area contributed by atoms with Crippen LogP contribution in [0.2, 0.25) is 0 Å². The van der Waals surface area contributed by atoms with Crippen LogP contribution in [0.25, 0.3) is 0 Å². The van der Waals surface area contributed by atoms with Crippen LogP contribution in [-0.4, -0.2) is 39.4 Å². The van der Waals surface area contributed by atoms with E-state index < -0.39 is 18.2 Å². The van der Waals surface area contributed by atoms with Crippen molar-refractivity contribution < 1.29 is 24.9 Å². The van der Waals surface area contributed by atoms with Crippen molar-refractivity contribution in [2.75, 3.05) is 6.61 Å². The highest BCUT2D eigenvalue weighted by Gasteiger charge is 2.41. The van der Waals surface area contributed by atoms with Crippen LogP contribution in [0.3, 0.4) is 0 Å². The fraction of sp³-hybridized carbons (Fsp3) is 0.591. The van der Waals surface area contributed by atoms with Gasteiger partial charge in [0.25, 0.3) is 0 Å². The number of carbonyl (C=O) groups is 1. The van der Waals surface area contributed by atoms with Crippen LogP contribution < -0.4 is 4.74 Å². The van der Waals surface area contributed by atoms with Crippen molar-refractivity contribution >= 4 is 17.6 Å². The fourth-order valence-electron chi connectivity index (χ4n) is 4.35. The Morgan fingerprint density at radius 3 is 2.86 bits per heavy atom. The zero-order valence-electron chi connectivity index (χ0n) is 16.0. The summed E-state index contributed by atoms with van der Waals surface area (Å²) in [5.74, 6) is 0.0931. The average Bonchev–Trinajstić information content (AvgIpc) is 3.16. The molecule has 1 saturated carbocycles. The molecule has 1 aromatic carbocycles. The second-order valence-corrected chi connectivity index (χ2v) is 8.39. The Balaban J connectivity index is 1.56.